The molecule has 0 unspecified atom stereocenters. The van der Waals surface area contributed by atoms with E-state index in [9.17, 15) is 9.59 Å². The van der Waals surface area contributed by atoms with Gasteiger partial charge in [-0.25, -0.2) is 0 Å². The molecule has 3 aromatic rings. The first-order valence-electron chi connectivity index (χ1n) is 11.7. The highest BCUT2D eigenvalue weighted by molar-refractivity contribution is 6.02. The van der Waals surface area contributed by atoms with Crippen LogP contribution in [-0.2, 0) is 17.9 Å². The molecular formula is C26H31N3O4. The predicted octanol–water partition coefficient (Wildman–Crippen LogP) is 4.35. The van der Waals surface area contributed by atoms with E-state index in [1.165, 1.54) is 6.42 Å². The number of nitrogens with zero attached hydrogens (tertiary/aromatic N) is 2. The summed E-state index contributed by atoms with van der Waals surface area (Å²) in [6.07, 6.45) is 6.05. The van der Waals surface area contributed by atoms with Crippen LogP contribution in [0.25, 0.3) is 11.1 Å². The molecule has 1 aliphatic carbocycles. The minimum atomic E-state index is -1.04. The Morgan fingerprint density at radius 3 is 2.70 bits per heavy atom. The van der Waals surface area contributed by atoms with E-state index in [2.05, 4.69) is 12.2 Å². The zero-order chi connectivity index (χ0) is 23.2. The molecule has 2 aliphatic rings. The molecular weight excluding hydrogens is 418 g/mol. The summed E-state index contributed by atoms with van der Waals surface area (Å²) in [6.45, 7) is 4.79. The Morgan fingerprint density at radius 2 is 1.97 bits per heavy atom. The molecule has 3 atom stereocenters. The molecule has 7 nitrogen and oxygen atoms in total. The third-order valence-corrected chi connectivity index (χ3v) is 7.47. The van der Waals surface area contributed by atoms with Gasteiger partial charge >= 0.3 is 0 Å². The summed E-state index contributed by atoms with van der Waals surface area (Å²) in [4.78, 5) is 29.3. The van der Waals surface area contributed by atoms with Crippen LogP contribution in [0.2, 0.25) is 0 Å². The van der Waals surface area contributed by atoms with Gasteiger partial charge in [-0.1, -0.05) is 31.9 Å². The second-order valence-electron chi connectivity index (χ2n) is 9.64. The molecule has 5 rings (SSSR count). The van der Waals surface area contributed by atoms with Crippen LogP contribution in [0.1, 0.15) is 55.6 Å². The molecule has 33 heavy (non-hydrogen) atoms. The molecule has 1 saturated carbocycles. The number of nitrogens with one attached hydrogen (secondary N) is 1. The van der Waals surface area contributed by atoms with Crippen LogP contribution in [0.3, 0.4) is 0 Å². The fourth-order valence-electron chi connectivity index (χ4n) is 5.29. The van der Waals surface area contributed by atoms with Gasteiger partial charge in [0.25, 0.3) is 5.91 Å². The Balaban J connectivity index is 1.51. The lowest BCUT2D eigenvalue weighted by molar-refractivity contribution is -0.134. The van der Waals surface area contributed by atoms with Gasteiger partial charge in [-0.15, -0.1) is 0 Å². The van der Waals surface area contributed by atoms with Gasteiger partial charge in [0.05, 0.1) is 25.4 Å². The molecule has 1 fully saturated rings. The van der Waals surface area contributed by atoms with E-state index >= 15 is 0 Å². The largest absolute Gasteiger partial charge is 0.497 e. The average Bonchev–Trinajstić information content (AvgIpc) is 3.41. The lowest BCUT2D eigenvalue weighted by Gasteiger charge is -2.45. The summed E-state index contributed by atoms with van der Waals surface area (Å²) < 4.78 is 12.7. The van der Waals surface area contributed by atoms with Crippen LogP contribution >= 0.6 is 0 Å². The van der Waals surface area contributed by atoms with Crippen molar-refractivity contribution in [2.45, 2.75) is 64.2 Å². The summed E-state index contributed by atoms with van der Waals surface area (Å²) in [6, 6.07) is 11.4. The van der Waals surface area contributed by atoms with Gasteiger partial charge in [-0.2, -0.15) is 0 Å². The van der Waals surface area contributed by atoms with Crippen LogP contribution in [0.5, 0.6) is 5.75 Å². The van der Waals surface area contributed by atoms with Crippen molar-refractivity contribution in [2.75, 3.05) is 7.11 Å². The van der Waals surface area contributed by atoms with Crippen LogP contribution in [-0.4, -0.2) is 40.0 Å². The first-order chi connectivity index (χ1) is 15.9. The van der Waals surface area contributed by atoms with Crippen LogP contribution < -0.4 is 10.1 Å². The number of carbonyl (C=O) groups is 2. The summed E-state index contributed by atoms with van der Waals surface area (Å²) in [5, 5.41) is 3.31. The Kier molecular flexibility index (Phi) is 5.43. The van der Waals surface area contributed by atoms with E-state index in [0.29, 0.717) is 30.3 Å². The highest BCUT2D eigenvalue weighted by Gasteiger charge is 2.48. The van der Waals surface area contributed by atoms with Crippen molar-refractivity contribution in [3.63, 3.8) is 0 Å². The van der Waals surface area contributed by atoms with Gasteiger partial charge in [0.1, 0.15) is 17.0 Å². The van der Waals surface area contributed by atoms with Crippen molar-refractivity contribution in [3.05, 3.63) is 53.9 Å². The number of rotatable bonds is 5. The molecule has 0 radical (unpaired) electrons. The Morgan fingerprint density at radius 1 is 1.21 bits per heavy atom. The van der Waals surface area contributed by atoms with Gasteiger partial charge in [0.15, 0.2) is 5.58 Å². The molecule has 1 aliphatic heterocycles. The molecule has 1 N–H and O–H groups in total. The van der Waals surface area contributed by atoms with Crippen molar-refractivity contribution in [1.82, 2.24) is 14.8 Å². The van der Waals surface area contributed by atoms with E-state index < -0.39 is 5.54 Å². The fraction of sp³-hybridized carbons (Fsp3) is 0.462. The van der Waals surface area contributed by atoms with E-state index in [1.54, 1.807) is 24.3 Å². The minimum absolute atomic E-state index is 0.0980. The summed E-state index contributed by atoms with van der Waals surface area (Å²) >= 11 is 0. The number of hydrogen-bond donors (Lipinski definition) is 1. The zero-order valence-corrected chi connectivity index (χ0v) is 19.5. The fourth-order valence-corrected chi connectivity index (χ4v) is 5.29. The van der Waals surface area contributed by atoms with Crippen molar-refractivity contribution in [1.29, 1.82) is 0 Å². The number of furan rings is 1. The SMILES string of the molecule is COc1ccc(CN2C(=O)c3cc4occc4n3C[C@]2(C)C(=O)N[C@H]2CCCC[C@H]2C)cc1. The molecule has 7 heteroatoms. The third-order valence-electron chi connectivity index (χ3n) is 7.47. The summed E-state index contributed by atoms with van der Waals surface area (Å²) in [7, 11) is 1.63. The number of methoxy groups -OCH3 is 1. The molecule has 174 valence electrons. The molecule has 3 heterocycles. The molecule has 0 spiro atoms. The second-order valence-corrected chi connectivity index (χ2v) is 9.64. The minimum Gasteiger partial charge on any atom is -0.497 e. The highest BCUT2D eigenvalue weighted by Crippen LogP contribution is 2.35. The van der Waals surface area contributed by atoms with Crippen molar-refractivity contribution < 1.29 is 18.7 Å². The molecule has 0 saturated heterocycles. The van der Waals surface area contributed by atoms with Crippen molar-refractivity contribution >= 4 is 22.9 Å². The lowest BCUT2D eigenvalue weighted by Crippen LogP contribution is -2.65. The molecule has 2 amide bonds. The zero-order valence-electron chi connectivity index (χ0n) is 19.5. The Hall–Kier alpha value is -3.22. The van der Waals surface area contributed by atoms with Gasteiger partial charge < -0.3 is 23.9 Å². The monoisotopic (exact) mass is 449 g/mol. The summed E-state index contributed by atoms with van der Waals surface area (Å²) in [5.74, 6) is 0.921. The van der Waals surface area contributed by atoms with E-state index in [4.69, 9.17) is 9.15 Å². The average molecular weight is 450 g/mol. The Bertz CT molecular complexity index is 1180. The van der Waals surface area contributed by atoms with Crippen LogP contribution in [0, 0.1) is 5.92 Å². The lowest BCUT2D eigenvalue weighted by atomic mass is 9.85. The van der Waals surface area contributed by atoms with Crippen LogP contribution in [0.4, 0.5) is 0 Å². The first kappa shape index (κ1) is 21.6. The molecule has 0 bridgehead atoms. The maximum Gasteiger partial charge on any atom is 0.271 e. The molecule has 2 aromatic heterocycles. The smallest absolute Gasteiger partial charge is 0.271 e. The maximum absolute atomic E-state index is 13.8. The maximum atomic E-state index is 13.8. The van der Waals surface area contributed by atoms with Crippen LogP contribution in [0.15, 0.2) is 47.1 Å². The van der Waals surface area contributed by atoms with Gasteiger partial charge in [0.2, 0.25) is 5.91 Å². The standard InChI is InChI=1S/C26H31N3O4/c1-17-6-4-5-7-20(17)27-25(31)26(2)16-28-21-12-13-33-23(21)14-22(28)24(30)29(26)15-18-8-10-19(32-3)11-9-18/h8-14,17,20H,4-7,15-16H2,1-3H3,(H,27,31)/t17-,20+,26-/m1/s1. The number of benzene rings is 1. The quantitative estimate of drug-likeness (QED) is 0.628. The van der Waals surface area contributed by atoms with E-state index in [1.807, 2.05) is 41.8 Å². The molecule has 1 aromatic carbocycles. The first-order valence-corrected chi connectivity index (χ1v) is 11.7. The normalized spacial score (nSPS) is 25.2. The van der Waals surface area contributed by atoms with Gasteiger partial charge in [-0.3, -0.25) is 9.59 Å². The topological polar surface area (TPSA) is 76.7 Å². The number of aromatic nitrogens is 1. The highest BCUT2D eigenvalue weighted by atomic mass is 16.5. The van der Waals surface area contributed by atoms with Crippen molar-refractivity contribution in [2.24, 2.45) is 5.92 Å². The number of fused-ring (bicyclic) bond motifs is 3. The number of amides is 2. The van der Waals surface area contributed by atoms with Gasteiger partial charge in [0, 0.05) is 24.7 Å². The second kappa shape index (κ2) is 8.28. The third kappa shape index (κ3) is 3.69. The Labute approximate surface area is 193 Å². The van der Waals surface area contributed by atoms with Gasteiger partial charge in [-0.05, 0) is 43.4 Å². The number of carbonyl (C=O) groups excluding carboxylic acids is 2. The van der Waals surface area contributed by atoms with E-state index in [0.717, 1.165) is 36.1 Å². The number of ether oxygens (including phenoxy) is 1. The van der Waals surface area contributed by atoms with E-state index in [-0.39, 0.29) is 17.9 Å². The van der Waals surface area contributed by atoms with Crippen molar-refractivity contribution in [3.8, 4) is 5.75 Å². The number of hydrogen-bond acceptors (Lipinski definition) is 4. The summed E-state index contributed by atoms with van der Waals surface area (Å²) in [5.41, 5.74) is 1.96. The predicted molar refractivity (Wildman–Crippen MR) is 125 cm³/mol.